The number of rotatable bonds is 4. The van der Waals surface area contributed by atoms with E-state index in [1.54, 1.807) is 6.92 Å². The Morgan fingerprint density at radius 3 is 2.73 bits per heavy atom. The molecule has 1 amide bonds. The first-order valence-electron chi connectivity index (χ1n) is 6.41. The highest BCUT2D eigenvalue weighted by molar-refractivity contribution is 9.10. The Bertz CT molecular complexity index is 669. The van der Waals surface area contributed by atoms with Gasteiger partial charge in [-0.05, 0) is 30.7 Å². The van der Waals surface area contributed by atoms with Crippen molar-refractivity contribution in [1.29, 1.82) is 0 Å². The minimum atomic E-state index is -4.51. The molecule has 0 saturated carbocycles. The second kappa shape index (κ2) is 6.51. The van der Waals surface area contributed by atoms with Crippen molar-refractivity contribution in [3.8, 4) is 0 Å². The van der Waals surface area contributed by atoms with Crippen LogP contribution in [0.3, 0.4) is 0 Å². The minimum Gasteiger partial charge on any atom is -0.348 e. The summed E-state index contributed by atoms with van der Waals surface area (Å²) in [7, 11) is 0. The summed E-state index contributed by atoms with van der Waals surface area (Å²) >= 11 is 3.34. The van der Waals surface area contributed by atoms with Gasteiger partial charge in [0.2, 0.25) is 5.91 Å². The van der Waals surface area contributed by atoms with Crippen molar-refractivity contribution in [3.05, 3.63) is 52.3 Å². The zero-order valence-electron chi connectivity index (χ0n) is 11.6. The van der Waals surface area contributed by atoms with Gasteiger partial charge in [-0.3, -0.25) is 9.48 Å². The predicted octanol–water partition coefficient (Wildman–Crippen LogP) is 3.54. The van der Waals surface area contributed by atoms with Gasteiger partial charge in [0.05, 0.1) is 6.04 Å². The number of nitrogens with zero attached hydrogens (tertiary/aromatic N) is 2. The number of amides is 1. The molecule has 8 heteroatoms. The highest BCUT2D eigenvalue weighted by Crippen LogP contribution is 2.27. The maximum absolute atomic E-state index is 12.4. The van der Waals surface area contributed by atoms with E-state index in [0.29, 0.717) is 0 Å². The molecule has 1 N–H and O–H groups in total. The van der Waals surface area contributed by atoms with Crippen LogP contribution >= 0.6 is 15.9 Å². The fourth-order valence-corrected chi connectivity index (χ4v) is 2.31. The molecule has 0 fully saturated rings. The molecule has 22 heavy (non-hydrogen) atoms. The van der Waals surface area contributed by atoms with Crippen LogP contribution in [0.5, 0.6) is 0 Å². The number of carbonyl (C=O) groups is 1. The number of benzene rings is 1. The first-order chi connectivity index (χ1) is 10.3. The van der Waals surface area contributed by atoms with E-state index in [0.717, 1.165) is 27.0 Å². The zero-order valence-corrected chi connectivity index (χ0v) is 13.1. The van der Waals surface area contributed by atoms with Crippen LogP contribution in [-0.4, -0.2) is 15.7 Å². The summed E-state index contributed by atoms with van der Waals surface area (Å²) in [6.45, 7) is 1.53. The van der Waals surface area contributed by atoms with Crippen molar-refractivity contribution in [2.75, 3.05) is 0 Å². The van der Waals surface area contributed by atoms with E-state index < -0.39 is 17.8 Å². The molecule has 0 bridgehead atoms. The van der Waals surface area contributed by atoms with Gasteiger partial charge >= 0.3 is 6.18 Å². The third kappa shape index (κ3) is 4.33. The Hall–Kier alpha value is -1.83. The number of alkyl halides is 3. The third-order valence-corrected chi connectivity index (χ3v) is 3.46. The smallest absolute Gasteiger partial charge is 0.348 e. The summed E-state index contributed by atoms with van der Waals surface area (Å²) in [5, 5.41) is 6.06. The highest BCUT2D eigenvalue weighted by atomic mass is 79.9. The van der Waals surface area contributed by atoms with Gasteiger partial charge in [-0.25, -0.2) is 0 Å². The normalized spacial score (nSPS) is 13.0. The standard InChI is InChI=1S/C14H13BrF3N3O/c1-9(10-3-2-4-11(15)7-10)19-13(22)8-21-6-5-12(20-21)14(16,17)18/h2-7,9H,8H2,1H3,(H,19,22). The largest absolute Gasteiger partial charge is 0.435 e. The van der Waals surface area contributed by atoms with Crippen LogP contribution in [0.4, 0.5) is 13.2 Å². The van der Waals surface area contributed by atoms with Crippen molar-refractivity contribution in [2.45, 2.75) is 25.7 Å². The summed E-state index contributed by atoms with van der Waals surface area (Å²) in [6, 6.07) is 7.99. The number of aromatic nitrogens is 2. The maximum Gasteiger partial charge on any atom is 0.435 e. The van der Waals surface area contributed by atoms with Gasteiger partial charge in [-0.2, -0.15) is 18.3 Å². The molecule has 0 saturated heterocycles. The van der Waals surface area contributed by atoms with Crippen molar-refractivity contribution < 1.29 is 18.0 Å². The summed E-state index contributed by atoms with van der Waals surface area (Å²) in [5.74, 6) is -0.413. The lowest BCUT2D eigenvalue weighted by Crippen LogP contribution is -2.30. The lowest BCUT2D eigenvalue weighted by Gasteiger charge is -2.14. The van der Waals surface area contributed by atoms with E-state index in [1.165, 1.54) is 0 Å². The first-order valence-corrected chi connectivity index (χ1v) is 7.20. The Kier molecular flexibility index (Phi) is 4.90. The molecule has 1 atom stereocenters. The second-order valence-corrected chi connectivity index (χ2v) is 5.66. The third-order valence-electron chi connectivity index (χ3n) is 2.96. The number of carbonyl (C=O) groups excluding carboxylic acids is 1. The summed E-state index contributed by atoms with van der Waals surface area (Å²) in [5.41, 5.74) is -0.125. The lowest BCUT2D eigenvalue weighted by molar-refractivity contribution is -0.141. The van der Waals surface area contributed by atoms with Crippen LogP contribution in [0.25, 0.3) is 0 Å². The average molecular weight is 376 g/mol. The van der Waals surface area contributed by atoms with Gasteiger partial charge in [0.15, 0.2) is 5.69 Å². The van der Waals surface area contributed by atoms with Gasteiger partial charge in [0.25, 0.3) is 0 Å². The van der Waals surface area contributed by atoms with E-state index >= 15 is 0 Å². The molecular weight excluding hydrogens is 363 g/mol. The maximum atomic E-state index is 12.4. The SMILES string of the molecule is CC(NC(=O)Cn1ccc(C(F)(F)F)n1)c1cccc(Br)c1. The number of nitrogens with one attached hydrogen (secondary N) is 1. The Labute approximate surface area is 133 Å². The highest BCUT2D eigenvalue weighted by Gasteiger charge is 2.33. The fourth-order valence-electron chi connectivity index (χ4n) is 1.89. The number of hydrogen-bond donors (Lipinski definition) is 1. The molecule has 1 unspecified atom stereocenters. The Morgan fingerprint density at radius 2 is 2.14 bits per heavy atom. The van der Waals surface area contributed by atoms with Gasteiger partial charge in [0, 0.05) is 10.7 Å². The summed E-state index contributed by atoms with van der Waals surface area (Å²) < 4.78 is 39.1. The molecule has 0 spiro atoms. The van der Waals surface area contributed by atoms with E-state index in [9.17, 15) is 18.0 Å². The van der Waals surface area contributed by atoms with E-state index in [-0.39, 0.29) is 12.6 Å². The molecule has 0 aliphatic rings. The number of hydrogen-bond acceptors (Lipinski definition) is 2. The average Bonchev–Trinajstić information content (AvgIpc) is 2.87. The second-order valence-electron chi connectivity index (χ2n) is 4.74. The van der Waals surface area contributed by atoms with Crippen LogP contribution in [0.15, 0.2) is 41.0 Å². The molecule has 1 aromatic carbocycles. The molecule has 1 heterocycles. The van der Waals surface area contributed by atoms with Crippen LogP contribution in [-0.2, 0) is 17.5 Å². The molecule has 0 radical (unpaired) electrons. The van der Waals surface area contributed by atoms with Crippen LogP contribution < -0.4 is 5.32 Å². The van der Waals surface area contributed by atoms with E-state index in [2.05, 4.69) is 26.3 Å². The predicted molar refractivity (Wildman–Crippen MR) is 77.9 cm³/mol. The van der Waals surface area contributed by atoms with Gasteiger partial charge in [-0.15, -0.1) is 0 Å². The van der Waals surface area contributed by atoms with E-state index in [1.807, 2.05) is 24.3 Å². The van der Waals surface area contributed by atoms with Crippen LogP contribution in [0.2, 0.25) is 0 Å². The Morgan fingerprint density at radius 1 is 1.41 bits per heavy atom. The molecule has 0 aliphatic carbocycles. The lowest BCUT2D eigenvalue weighted by atomic mass is 10.1. The van der Waals surface area contributed by atoms with Crippen LogP contribution in [0, 0.1) is 0 Å². The summed E-state index contributed by atoms with van der Waals surface area (Å²) in [6.07, 6.45) is -3.38. The molecule has 1 aromatic heterocycles. The molecule has 2 rings (SSSR count). The van der Waals surface area contributed by atoms with Crippen molar-refractivity contribution in [1.82, 2.24) is 15.1 Å². The topological polar surface area (TPSA) is 46.9 Å². The molecule has 0 aliphatic heterocycles. The molecular formula is C14H13BrF3N3O. The molecule has 2 aromatic rings. The van der Waals surface area contributed by atoms with Crippen LogP contribution in [0.1, 0.15) is 24.2 Å². The van der Waals surface area contributed by atoms with Gasteiger partial charge in [0.1, 0.15) is 6.54 Å². The van der Waals surface area contributed by atoms with Crippen molar-refractivity contribution >= 4 is 21.8 Å². The van der Waals surface area contributed by atoms with Crippen molar-refractivity contribution in [3.63, 3.8) is 0 Å². The fraction of sp³-hybridized carbons (Fsp3) is 0.286. The van der Waals surface area contributed by atoms with E-state index in [4.69, 9.17) is 0 Å². The minimum absolute atomic E-state index is 0.261. The zero-order chi connectivity index (χ0) is 16.3. The summed E-state index contributed by atoms with van der Waals surface area (Å²) in [4.78, 5) is 11.9. The molecule has 4 nitrogen and oxygen atoms in total. The quantitative estimate of drug-likeness (QED) is 0.888. The Balaban J connectivity index is 1.97. The monoisotopic (exact) mass is 375 g/mol. The number of halogens is 4. The van der Waals surface area contributed by atoms with Gasteiger partial charge in [-0.1, -0.05) is 28.1 Å². The first kappa shape index (κ1) is 16.5. The van der Waals surface area contributed by atoms with Gasteiger partial charge < -0.3 is 5.32 Å². The van der Waals surface area contributed by atoms with Crippen molar-refractivity contribution in [2.24, 2.45) is 0 Å². The molecule has 118 valence electrons.